The number of halogens is 2. The fourth-order valence-electron chi connectivity index (χ4n) is 2.91. The van der Waals surface area contributed by atoms with Crippen molar-refractivity contribution < 1.29 is 20.8 Å². The molecule has 0 spiro atoms. The van der Waals surface area contributed by atoms with Gasteiger partial charge in [0.05, 0.1) is 0 Å². The van der Waals surface area contributed by atoms with E-state index in [-0.39, 0.29) is 24.8 Å². The Balaban J connectivity index is 0.00000312. The van der Waals surface area contributed by atoms with Crippen LogP contribution in [0.3, 0.4) is 0 Å². The summed E-state index contributed by atoms with van der Waals surface area (Å²) < 4.78 is 8.35. The van der Waals surface area contributed by atoms with Crippen molar-refractivity contribution >= 4 is 44.7 Å². The minimum absolute atomic E-state index is 0. The molecule has 0 heterocycles. The summed E-state index contributed by atoms with van der Waals surface area (Å²) in [6, 6.07) is 7.02. The Morgan fingerprint density at radius 2 is 1.69 bits per heavy atom. The van der Waals surface area contributed by atoms with Crippen LogP contribution < -0.4 is 8.51 Å². The first-order chi connectivity index (χ1) is 11.0. The Kier molecular flexibility index (Phi) is 10.2. The Morgan fingerprint density at radius 3 is 2.15 bits per heavy atom. The molecule has 1 aliphatic rings. The van der Waals surface area contributed by atoms with Crippen LogP contribution in [-0.2, 0) is 17.5 Å². The second-order valence-corrected chi connectivity index (χ2v) is 26.5. The first kappa shape index (κ1) is 26.2. The molecule has 1 aromatic carbocycles. The van der Waals surface area contributed by atoms with E-state index in [9.17, 15) is 0 Å². The van der Waals surface area contributed by atoms with Gasteiger partial charge in [0, 0.05) is 0 Å². The summed E-state index contributed by atoms with van der Waals surface area (Å²) in [6.45, 7) is 18.5. The molecule has 2 rings (SSSR count). The molecule has 0 radical (unpaired) electrons. The third kappa shape index (κ3) is 6.12. The maximum absolute atomic E-state index is 6.73. The van der Waals surface area contributed by atoms with Crippen molar-refractivity contribution in [3.8, 4) is 5.75 Å². The Labute approximate surface area is 181 Å². The molecule has 0 aliphatic heterocycles. The summed E-state index contributed by atoms with van der Waals surface area (Å²) in [5.74, 6) is 1.14. The maximum atomic E-state index is 6.73. The average molecular weight is 466 g/mol. The molecule has 6 heteroatoms. The topological polar surface area (TPSA) is 9.23 Å². The van der Waals surface area contributed by atoms with Crippen LogP contribution in [0.25, 0.3) is 0 Å². The van der Waals surface area contributed by atoms with E-state index >= 15 is 0 Å². The third-order valence-electron chi connectivity index (χ3n) is 5.49. The maximum Gasteiger partial charge on any atom is -0.147 e. The summed E-state index contributed by atoms with van der Waals surface area (Å²) in [5.41, 5.74) is 1.34. The number of hydrogen-bond acceptors (Lipinski definition) is 1. The normalized spacial score (nSPS) is 13.8. The zero-order valence-electron chi connectivity index (χ0n) is 17.5. The monoisotopic (exact) mass is 465 g/mol. The van der Waals surface area contributed by atoms with Crippen LogP contribution in [0.4, 0.5) is 0 Å². The van der Waals surface area contributed by atoms with Crippen molar-refractivity contribution in [1.29, 1.82) is 0 Å². The van der Waals surface area contributed by atoms with Gasteiger partial charge in [0.2, 0.25) is 0 Å². The fourth-order valence-corrected chi connectivity index (χ4v) is 13.6. The molecule has 0 saturated heterocycles. The molecule has 0 bridgehead atoms. The van der Waals surface area contributed by atoms with E-state index in [1.165, 1.54) is 10.8 Å². The predicted octanol–water partition coefficient (Wildman–Crippen LogP) is 6.29. The molecule has 0 aromatic heterocycles. The second kappa shape index (κ2) is 10.1. The van der Waals surface area contributed by atoms with E-state index in [0.717, 1.165) is 12.2 Å². The molecule has 26 heavy (non-hydrogen) atoms. The Bertz CT molecular complexity index is 664. The molecule has 0 atom stereocenters. The van der Waals surface area contributed by atoms with Crippen LogP contribution in [0.1, 0.15) is 32.8 Å². The molecular formula is C20H35Cl2OSi2Ti. The van der Waals surface area contributed by atoms with Crippen LogP contribution in [0.5, 0.6) is 5.75 Å². The SMILES string of the molecule is Cc1cc([O][Ti]([C]2=CC=CC2)[SiH](C)C)cc([Si](C)(C)C(C)(C)C)c1.Cl.Cl. The molecule has 0 fully saturated rings. The number of rotatable bonds is 5. The van der Waals surface area contributed by atoms with Gasteiger partial charge in [-0.3, -0.25) is 0 Å². The van der Waals surface area contributed by atoms with Crippen molar-refractivity contribution in [2.75, 3.05) is 0 Å². The van der Waals surface area contributed by atoms with Gasteiger partial charge in [0.15, 0.2) is 0 Å². The standard InChI is InChI=1S/C13H22OSi.C5H5.C2H7Si.2ClH.Ti/c1-10-7-11(14)9-12(8-10)15(5,6)13(2,3)4;1-2-4-5-3-1;1-3-2;;;/h7-9,14H,1-6H3;1-3H,4H2;3H,1-2H3;2*1H;/q;;;;;+1/p-1. The van der Waals surface area contributed by atoms with E-state index in [0.29, 0.717) is 5.04 Å². The first-order valence-electron chi connectivity index (χ1n) is 9.05. The Hall–Kier alpha value is 0.228. The Morgan fingerprint density at radius 1 is 1.08 bits per heavy atom. The molecule has 147 valence electrons. The van der Waals surface area contributed by atoms with Gasteiger partial charge in [-0.1, -0.05) is 0 Å². The zero-order valence-corrected chi connectivity index (χ0v) is 22.8. The second-order valence-electron chi connectivity index (χ2n) is 8.85. The van der Waals surface area contributed by atoms with Crippen molar-refractivity contribution in [3.05, 3.63) is 45.9 Å². The average Bonchev–Trinajstić information content (AvgIpc) is 2.96. The minimum Gasteiger partial charge on any atom is -0.147 e. The van der Waals surface area contributed by atoms with Crippen LogP contribution in [0, 0.1) is 6.92 Å². The molecule has 0 unspecified atom stereocenters. The quantitative estimate of drug-likeness (QED) is 0.464. The van der Waals surface area contributed by atoms with Gasteiger partial charge in [-0.25, -0.2) is 0 Å². The van der Waals surface area contributed by atoms with Crippen LogP contribution in [-0.4, -0.2) is 14.7 Å². The van der Waals surface area contributed by atoms with E-state index in [1.807, 2.05) is 0 Å². The van der Waals surface area contributed by atoms with Crippen molar-refractivity contribution in [2.45, 2.75) is 65.3 Å². The molecule has 1 nitrogen and oxygen atoms in total. The molecule has 1 aliphatic carbocycles. The first-order valence-corrected chi connectivity index (χ1v) is 19.1. The van der Waals surface area contributed by atoms with Gasteiger partial charge >= 0.3 is 158 Å². The van der Waals surface area contributed by atoms with Crippen LogP contribution in [0.15, 0.2) is 40.3 Å². The number of benzene rings is 1. The van der Waals surface area contributed by atoms with E-state index < -0.39 is 32.3 Å². The van der Waals surface area contributed by atoms with Gasteiger partial charge in [-0.2, -0.15) is 0 Å². The minimum atomic E-state index is -1.58. The molecular weight excluding hydrogens is 431 g/mol. The van der Waals surface area contributed by atoms with E-state index in [1.54, 1.807) is 3.88 Å². The summed E-state index contributed by atoms with van der Waals surface area (Å²) >= 11 is -1.58. The summed E-state index contributed by atoms with van der Waals surface area (Å²) in [6.07, 6.45) is 7.94. The fraction of sp³-hybridized carbons (Fsp3) is 0.500. The number of hydrogen-bond donors (Lipinski definition) is 0. The van der Waals surface area contributed by atoms with Gasteiger partial charge in [0.25, 0.3) is 0 Å². The summed E-state index contributed by atoms with van der Waals surface area (Å²) in [7, 11) is -1.53. The van der Waals surface area contributed by atoms with E-state index in [4.69, 9.17) is 3.32 Å². The van der Waals surface area contributed by atoms with Gasteiger partial charge in [0.1, 0.15) is 0 Å². The van der Waals surface area contributed by atoms with Crippen molar-refractivity contribution in [1.82, 2.24) is 0 Å². The van der Waals surface area contributed by atoms with E-state index in [2.05, 4.69) is 90.3 Å². The largest absolute Gasteiger partial charge is 0.147 e. The molecule has 0 N–H and O–H groups in total. The smallest absolute Gasteiger partial charge is 0.147 e. The third-order valence-corrected chi connectivity index (χ3v) is 21.2. The van der Waals surface area contributed by atoms with Crippen molar-refractivity contribution in [3.63, 3.8) is 0 Å². The van der Waals surface area contributed by atoms with Gasteiger partial charge < -0.3 is 0 Å². The molecule has 1 aromatic rings. The number of allylic oxidation sites excluding steroid dienone is 4. The number of aryl methyl sites for hydroxylation is 1. The van der Waals surface area contributed by atoms with Crippen LogP contribution in [0.2, 0.25) is 31.2 Å². The summed E-state index contributed by atoms with van der Waals surface area (Å²) in [5, 5.41) is 1.88. The van der Waals surface area contributed by atoms with Gasteiger partial charge in [-0.05, 0) is 0 Å². The summed E-state index contributed by atoms with van der Waals surface area (Å²) in [4.78, 5) is 0. The van der Waals surface area contributed by atoms with Crippen LogP contribution >= 0.6 is 24.8 Å². The van der Waals surface area contributed by atoms with Crippen molar-refractivity contribution in [2.24, 2.45) is 0 Å². The predicted molar refractivity (Wildman–Crippen MR) is 124 cm³/mol. The zero-order chi connectivity index (χ0) is 18.1. The van der Waals surface area contributed by atoms with Gasteiger partial charge in [-0.15, -0.1) is 24.8 Å². The molecule has 0 saturated carbocycles. The molecule has 0 amide bonds.